The molecule has 2 aromatic heterocycles. The Morgan fingerprint density at radius 3 is 2.72 bits per heavy atom. The fourth-order valence-corrected chi connectivity index (χ4v) is 4.33. The molecule has 1 atom stereocenters. The molecule has 1 amide bonds. The topological polar surface area (TPSA) is 72.9 Å². The van der Waals surface area contributed by atoms with E-state index in [0.717, 1.165) is 11.1 Å². The number of nitrogens with zero attached hydrogens (tertiary/aromatic N) is 1. The van der Waals surface area contributed by atoms with Gasteiger partial charge in [-0.3, -0.25) is 9.59 Å². The largest absolute Gasteiger partial charge is 0.494 e. The zero-order valence-electron chi connectivity index (χ0n) is 17.6. The van der Waals surface area contributed by atoms with Crippen molar-refractivity contribution in [3.63, 3.8) is 0 Å². The Labute approximate surface area is 189 Å². The average Bonchev–Trinajstić information content (AvgIpc) is 3.38. The van der Waals surface area contributed by atoms with E-state index in [-0.39, 0.29) is 23.6 Å². The fraction of sp³-hybridized carbons (Fsp3) is 0.200. The second kappa shape index (κ2) is 7.88. The molecule has 2 aromatic carbocycles. The highest BCUT2D eigenvalue weighted by Crippen LogP contribution is 2.40. The lowest BCUT2D eigenvalue weighted by Gasteiger charge is -2.24. The first-order valence-electron chi connectivity index (χ1n) is 10.3. The van der Waals surface area contributed by atoms with Crippen LogP contribution in [0, 0.1) is 6.92 Å². The van der Waals surface area contributed by atoms with Gasteiger partial charge in [0.2, 0.25) is 5.76 Å². The summed E-state index contributed by atoms with van der Waals surface area (Å²) in [6.07, 6.45) is 1.55. The van der Waals surface area contributed by atoms with Crippen molar-refractivity contribution in [3.05, 3.63) is 98.3 Å². The summed E-state index contributed by atoms with van der Waals surface area (Å²) >= 11 is 6.28. The molecule has 6 nitrogen and oxygen atoms in total. The Kier molecular flexibility index (Phi) is 5.02. The van der Waals surface area contributed by atoms with Crippen molar-refractivity contribution >= 4 is 28.5 Å². The minimum atomic E-state index is -0.649. The standard InChI is InChI=1S/C25H20ClNO5/c1-3-30-16-7-4-6-15(11-16)22-21-23(28)18-12-19(26)14(2)10-20(18)32-24(21)25(29)27(22)13-17-8-5-9-31-17/h4-12,22H,3,13H2,1-2H3. The molecule has 32 heavy (non-hydrogen) atoms. The Morgan fingerprint density at radius 2 is 1.97 bits per heavy atom. The minimum absolute atomic E-state index is 0.0441. The van der Waals surface area contributed by atoms with Crippen LogP contribution in [0.15, 0.2) is 68.4 Å². The van der Waals surface area contributed by atoms with Gasteiger partial charge in [0.05, 0.1) is 36.4 Å². The SMILES string of the molecule is CCOc1cccc(C2c3c(oc4cc(C)c(Cl)cc4c3=O)C(=O)N2Cc2ccco2)c1. The molecule has 5 rings (SSSR count). The van der Waals surface area contributed by atoms with E-state index < -0.39 is 6.04 Å². The Morgan fingerprint density at radius 1 is 1.12 bits per heavy atom. The molecule has 0 radical (unpaired) electrons. The molecule has 1 aliphatic rings. The first-order chi connectivity index (χ1) is 15.5. The Hall–Kier alpha value is -3.51. The third kappa shape index (κ3) is 3.28. The number of aryl methyl sites for hydroxylation is 1. The molecule has 1 unspecified atom stereocenters. The van der Waals surface area contributed by atoms with E-state index in [2.05, 4.69) is 0 Å². The highest BCUT2D eigenvalue weighted by Gasteiger charge is 2.43. The summed E-state index contributed by atoms with van der Waals surface area (Å²) in [5.74, 6) is 0.943. The van der Waals surface area contributed by atoms with Gasteiger partial charge in [0.25, 0.3) is 5.91 Å². The number of rotatable bonds is 5. The van der Waals surface area contributed by atoms with Crippen molar-refractivity contribution in [1.82, 2.24) is 4.90 Å². The number of carbonyl (C=O) groups is 1. The summed E-state index contributed by atoms with van der Waals surface area (Å²) in [7, 11) is 0. The highest BCUT2D eigenvalue weighted by atomic mass is 35.5. The molecule has 7 heteroatoms. The van der Waals surface area contributed by atoms with E-state index >= 15 is 0 Å². The summed E-state index contributed by atoms with van der Waals surface area (Å²) in [4.78, 5) is 28.7. The fourth-order valence-electron chi connectivity index (χ4n) is 4.16. The number of benzene rings is 2. The van der Waals surface area contributed by atoms with Crippen LogP contribution < -0.4 is 10.2 Å². The van der Waals surface area contributed by atoms with Crippen molar-refractivity contribution in [1.29, 1.82) is 0 Å². The van der Waals surface area contributed by atoms with Crippen LogP contribution in [0.25, 0.3) is 11.0 Å². The summed E-state index contributed by atoms with van der Waals surface area (Å²) in [5.41, 5.74) is 1.87. The quantitative estimate of drug-likeness (QED) is 0.402. The normalized spacial score (nSPS) is 15.4. The van der Waals surface area contributed by atoms with Crippen molar-refractivity contribution in [3.8, 4) is 5.75 Å². The van der Waals surface area contributed by atoms with Gasteiger partial charge in [-0.15, -0.1) is 0 Å². The molecule has 1 aliphatic heterocycles. The smallest absolute Gasteiger partial charge is 0.291 e. The van der Waals surface area contributed by atoms with Crippen molar-refractivity contribution < 1.29 is 18.4 Å². The van der Waals surface area contributed by atoms with Crippen LogP contribution in [0.1, 0.15) is 46.0 Å². The first kappa shape index (κ1) is 20.4. The third-order valence-electron chi connectivity index (χ3n) is 5.64. The van der Waals surface area contributed by atoms with Crippen molar-refractivity contribution in [2.45, 2.75) is 26.4 Å². The maximum atomic E-state index is 13.6. The predicted octanol–water partition coefficient (Wildman–Crippen LogP) is 5.49. The maximum Gasteiger partial charge on any atom is 0.291 e. The molecule has 3 heterocycles. The van der Waals surface area contributed by atoms with Gasteiger partial charge in [-0.1, -0.05) is 23.7 Å². The van der Waals surface area contributed by atoms with Crippen LogP contribution in [-0.2, 0) is 6.54 Å². The van der Waals surface area contributed by atoms with Gasteiger partial charge in [0.1, 0.15) is 17.1 Å². The number of fused-ring (bicyclic) bond motifs is 2. The van der Waals surface area contributed by atoms with Gasteiger partial charge in [-0.2, -0.15) is 0 Å². The number of hydrogen-bond acceptors (Lipinski definition) is 5. The van der Waals surface area contributed by atoms with E-state index in [1.54, 1.807) is 35.4 Å². The average molecular weight is 450 g/mol. The molecule has 0 N–H and O–H groups in total. The monoisotopic (exact) mass is 449 g/mol. The van der Waals surface area contributed by atoms with Gasteiger partial charge in [-0.25, -0.2) is 0 Å². The molecule has 162 valence electrons. The zero-order chi connectivity index (χ0) is 22.4. The van der Waals surface area contributed by atoms with Crippen molar-refractivity contribution in [2.24, 2.45) is 0 Å². The van der Waals surface area contributed by atoms with Gasteiger partial charge in [0.15, 0.2) is 5.43 Å². The molecule has 0 aliphatic carbocycles. The van der Waals surface area contributed by atoms with Crippen LogP contribution in [0.5, 0.6) is 5.75 Å². The summed E-state index contributed by atoms with van der Waals surface area (Å²) in [5, 5.41) is 0.814. The van der Waals surface area contributed by atoms with Gasteiger partial charge < -0.3 is 18.5 Å². The lowest BCUT2D eigenvalue weighted by atomic mass is 9.98. The van der Waals surface area contributed by atoms with Gasteiger partial charge in [0, 0.05) is 5.02 Å². The first-order valence-corrected chi connectivity index (χ1v) is 10.7. The molecule has 0 bridgehead atoms. The van der Waals surface area contributed by atoms with E-state index in [1.807, 2.05) is 38.1 Å². The Bertz CT molecular complexity index is 1390. The van der Waals surface area contributed by atoms with E-state index in [0.29, 0.717) is 39.7 Å². The lowest BCUT2D eigenvalue weighted by molar-refractivity contribution is 0.0701. The molecule has 0 saturated heterocycles. The second-order valence-corrected chi connectivity index (χ2v) is 8.10. The number of amides is 1. The Balaban J connectivity index is 1.74. The molecule has 0 spiro atoms. The summed E-state index contributed by atoms with van der Waals surface area (Å²) in [6.45, 7) is 4.42. The summed E-state index contributed by atoms with van der Waals surface area (Å²) < 4.78 is 17.1. The minimum Gasteiger partial charge on any atom is -0.494 e. The van der Waals surface area contributed by atoms with Gasteiger partial charge in [-0.05, 0) is 61.4 Å². The molecular weight excluding hydrogens is 430 g/mol. The zero-order valence-corrected chi connectivity index (χ0v) is 18.3. The lowest BCUT2D eigenvalue weighted by Crippen LogP contribution is -2.29. The van der Waals surface area contributed by atoms with E-state index in [9.17, 15) is 9.59 Å². The highest BCUT2D eigenvalue weighted by molar-refractivity contribution is 6.32. The maximum absolute atomic E-state index is 13.6. The van der Waals surface area contributed by atoms with Crippen LogP contribution in [0.2, 0.25) is 5.02 Å². The number of carbonyl (C=O) groups excluding carboxylic acids is 1. The molecule has 0 fully saturated rings. The van der Waals surface area contributed by atoms with Crippen molar-refractivity contribution in [2.75, 3.05) is 6.61 Å². The number of halogens is 1. The predicted molar refractivity (Wildman–Crippen MR) is 120 cm³/mol. The number of ether oxygens (including phenoxy) is 1. The van der Waals surface area contributed by atoms with E-state index in [1.165, 1.54) is 0 Å². The van der Waals surface area contributed by atoms with E-state index in [4.69, 9.17) is 25.2 Å². The number of furan rings is 1. The van der Waals surface area contributed by atoms with Crippen LogP contribution in [0.3, 0.4) is 0 Å². The van der Waals surface area contributed by atoms with Crippen LogP contribution >= 0.6 is 11.6 Å². The summed E-state index contributed by atoms with van der Waals surface area (Å²) in [6, 6.07) is 13.6. The second-order valence-electron chi connectivity index (χ2n) is 7.69. The van der Waals surface area contributed by atoms with Crippen LogP contribution in [-0.4, -0.2) is 17.4 Å². The molecule has 4 aromatic rings. The third-order valence-corrected chi connectivity index (χ3v) is 6.05. The van der Waals surface area contributed by atoms with Crippen LogP contribution in [0.4, 0.5) is 0 Å². The molecular formula is C25H20ClNO5. The van der Waals surface area contributed by atoms with Gasteiger partial charge >= 0.3 is 0 Å². The number of hydrogen-bond donors (Lipinski definition) is 0. The molecule has 0 saturated carbocycles.